The lowest BCUT2D eigenvalue weighted by atomic mass is 10.5. The van der Waals surface area contributed by atoms with Crippen LogP contribution in [0.4, 0.5) is 13.2 Å². The minimum absolute atomic E-state index is 0.0903. The summed E-state index contributed by atoms with van der Waals surface area (Å²) in [5.74, 6) is 0.0903. The molecule has 0 rings (SSSR count). The highest BCUT2D eigenvalue weighted by Crippen LogP contribution is 2.42. The molecule has 1 nitrogen and oxygen atoms in total. The van der Waals surface area contributed by atoms with Crippen LogP contribution in [0.15, 0.2) is 0 Å². The first-order valence-electron chi connectivity index (χ1n) is 3.10. The van der Waals surface area contributed by atoms with Crippen LogP contribution in [0.3, 0.4) is 0 Å². The molecule has 0 saturated heterocycles. The molecular formula is C6H13F3OS. The van der Waals surface area contributed by atoms with E-state index in [4.69, 9.17) is 4.18 Å². The summed E-state index contributed by atoms with van der Waals surface area (Å²) in [6.07, 6.45) is -1.36. The van der Waals surface area contributed by atoms with Crippen LogP contribution in [-0.2, 0) is 4.18 Å². The van der Waals surface area contributed by atoms with Crippen LogP contribution < -0.4 is 0 Å². The number of hydrogen-bond acceptors (Lipinski definition) is 1. The number of hydrogen-bond donors (Lipinski definition) is 0. The predicted molar refractivity (Wildman–Crippen MR) is 42.0 cm³/mol. The van der Waals surface area contributed by atoms with Crippen LogP contribution >= 0.6 is 10.3 Å². The fraction of sp³-hybridized carbons (Fsp3) is 1.00. The molecule has 0 N–H and O–H groups in total. The van der Waals surface area contributed by atoms with E-state index in [2.05, 4.69) is 0 Å². The van der Waals surface area contributed by atoms with E-state index in [1.807, 2.05) is 0 Å². The Morgan fingerprint density at radius 1 is 1.27 bits per heavy atom. The molecule has 11 heavy (non-hydrogen) atoms. The van der Waals surface area contributed by atoms with Gasteiger partial charge in [-0.25, -0.2) is 0 Å². The number of halogens is 3. The fourth-order valence-corrected chi connectivity index (χ4v) is 1.33. The molecule has 0 radical (unpaired) electrons. The standard InChI is InChI=1S/C6H13F3OS/c1-10-11(2,3)5-4-6(7,8)9/h4-5H2,1-3H3. The van der Waals surface area contributed by atoms with Crippen molar-refractivity contribution >= 4 is 10.3 Å². The third kappa shape index (κ3) is 6.50. The zero-order valence-corrected chi connectivity index (χ0v) is 7.68. The maximum Gasteiger partial charge on any atom is 0.389 e. The van der Waals surface area contributed by atoms with Crippen molar-refractivity contribution in [1.29, 1.82) is 0 Å². The lowest BCUT2D eigenvalue weighted by Gasteiger charge is -2.29. The summed E-state index contributed by atoms with van der Waals surface area (Å²) in [5.41, 5.74) is 0. The van der Waals surface area contributed by atoms with Crippen molar-refractivity contribution in [3.8, 4) is 0 Å². The van der Waals surface area contributed by atoms with E-state index in [0.29, 0.717) is 0 Å². The van der Waals surface area contributed by atoms with Crippen LogP contribution in [0, 0.1) is 0 Å². The maximum atomic E-state index is 11.7. The highest BCUT2D eigenvalue weighted by atomic mass is 32.3. The van der Waals surface area contributed by atoms with Gasteiger partial charge in [0.15, 0.2) is 0 Å². The Balaban J connectivity index is 3.70. The second-order valence-corrected chi connectivity index (χ2v) is 6.29. The third-order valence-electron chi connectivity index (χ3n) is 1.33. The smallest absolute Gasteiger partial charge is 0.340 e. The zero-order valence-electron chi connectivity index (χ0n) is 6.86. The first-order chi connectivity index (χ1) is 4.77. The Morgan fingerprint density at radius 3 is 2.00 bits per heavy atom. The van der Waals surface area contributed by atoms with Gasteiger partial charge < -0.3 is 4.18 Å². The van der Waals surface area contributed by atoms with Gasteiger partial charge in [0.2, 0.25) is 0 Å². The van der Waals surface area contributed by atoms with Gasteiger partial charge in [0.1, 0.15) is 0 Å². The first kappa shape index (κ1) is 11.1. The Bertz CT molecular complexity index is 121. The van der Waals surface area contributed by atoms with Gasteiger partial charge in [-0.2, -0.15) is 13.2 Å². The largest absolute Gasteiger partial charge is 0.389 e. The van der Waals surface area contributed by atoms with E-state index in [1.165, 1.54) is 7.11 Å². The first-order valence-corrected chi connectivity index (χ1v) is 5.64. The molecular weight excluding hydrogens is 177 g/mol. The molecule has 0 aliphatic carbocycles. The van der Waals surface area contributed by atoms with Crippen molar-refractivity contribution in [2.24, 2.45) is 0 Å². The van der Waals surface area contributed by atoms with Gasteiger partial charge in [-0.1, -0.05) is 0 Å². The fourth-order valence-electron chi connectivity index (χ4n) is 0.445. The van der Waals surface area contributed by atoms with Gasteiger partial charge in [-0.3, -0.25) is 0 Å². The number of rotatable bonds is 3. The molecule has 5 heteroatoms. The minimum Gasteiger partial charge on any atom is -0.340 e. The monoisotopic (exact) mass is 190 g/mol. The second-order valence-electron chi connectivity index (χ2n) is 2.67. The van der Waals surface area contributed by atoms with Crippen LogP contribution in [0.1, 0.15) is 6.42 Å². The topological polar surface area (TPSA) is 9.23 Å². The average Bonchev–Trinajstić information content (AvgIpc) is 1.83. The molecule has 0 atom stereocenters. The van der Waals surface area contributed by atoms with E-state index in [9.17, 15) is 13.2 Å². The van der Waals surface area contributed by atoms with Gasteiger partial charge in [0.25, 0.3) is 0 Å². The van der Waals surface area contributed by atoms with Crippen LogP contribution in [0.5, 0.6) is 0 Å². The molecule has 0 aromatic carbocycles. The summed E-state index contributed by atoms with van der Waals surface area (Å²) >= 11 is 0. The van der Waals surface area contributed by atoms with Crippen molar-refractivity contribution in [3.05, 3.63) is 0 Å². The third-order valence-corrected chi connectivity index (χ3v) is 3.42. The molecule has 0 heterocycles. The predicted octanol–water partition coefficient (Wildman–Crippen LogP) is 2.56. The quantitative estimate of drug-likeness (QED) is 0.664. The molecule has 0 aliphatic heterocycles. The molecule has 0 unspecified atom stereocenters. The Morgan fingerprint density at radius 2 is 1.73 bits per heavy atom. The highest BCUT2D eigenvalue weighted by molar-refractivity contribution is 8.28. The van der Waals surface area contributed by atoms with E-state index < -0.39 is 22.9 Å². The Kier molecular flexibility index (Phi) is 3.70. The lowest BCUT2D eigenvalue weighted by Crippen LogP contribution is -2.14. The molecule has 0 amide bonds. The van der Waals surface area contributed by atoms with Crippen molar-refractivity contribution in [2.75, 3.05) is 25.4 Å². The Hall–Kier alpha value is 0.100. The molecule has 0 aliphatic rings. The summed E-state index contributed by atoms with van der Waals surface area (Å²) in [4.78, 5) is 0. The van der Waals surface area contributed by atoms with Crippen molar-refractivity contribution in [2.45, 2.75) is 12.6 Å². The molecule has 0 aromatic heterocycles. The van der Waals surface area contributed by atoms with Gasteiger partial charge in [0.05, 0.1) is 6.42 Å². The molecule has 0 saturated carbocycles. The summed E-state index contributed by atoms with van der Waals surface area (Å²) in [6, 6.07) is 0. The van der Waals surface area contributed by atoms with E-state index >= 15 is 0 Å². The van der Waals surface area contributed by atoms with E-state index in [1.54, 1.807) is 12.5 Å². The highest BCUT2D eigenvalue weighted by Gasteiger charge is 2.29. The summed E-state index contributed by atoms with van der Waals surface area (Å²) in [7, 11) is -0.0226. The lowest BCUT2D eigenvalue weighted by molar-refractivity contribution is -0.129. The van der Waals surface area contributed by atoms with Gasteiger partial charge >= 0.3 is 6.18 Å². The van der Waals surface area contributed by atoms with Crippen LogP contribution in [0.2, 0.25) is 0 Å². The minimum atomic E-state index is -4.05. The van der Waals surface area contributed by atoms with Gasteiger partial charge in [-0.15, -0.1) is 10.3 Å². The molecule has 0 aromatic rings. The van der Waals surface area contributed by atoms with Gasteiger partial charge in [-0.05, 0) is 12.5 Å². The summed E-state index contributed by atoms with van der Waals surface area (Å²) in [5, 5.41) is 0. The molecule has 0 bridgehead atoms. The molecule has 70 valence electrons. The maximum absolute atomic E-state index is 11.7. The second kappa shape index (κ2) is 3.67. The van der Waals surface area contributed by atoms with Crippen molar-refractivity contribution in [1.82, 2.24) is 0 Å². The van der Waals surface area contributed by atoms with E-state index in [-0.39, 0.29) is 5.75 Å². The average molecular weight is 190 g/mol. The normalized spacial score (nSPS) is 15.1. The van der Waals surface area contributed by atoms with E-state index in [0.717, 1.165) is 0 Å². The van der Waals surface area contributed by atoms with Crippen LogP contribution in [-0.4, -0.2) is 31.6 Å². The zero-order chi connectivity index (χ0) is 9.12. The Labute approximate surface area is 66.4 Å². The molecule has 0 spiro atoms. The van der Waals surface area contributed by atoms with Crippen LogP contribution in [0.25, 0.3) is 0 Å². The molecule has 0 fully saturated rings. The van der Waals surface area contributed by atoms with Crippen molar-refractivity contribution < 1.29 is 17.4 Å². The van der Waals surface area contributed by atoms with Gasteiger partial charge in [0, 0.05) is 12.9 Å². The SMILES string of the molecule is COS(C)(C)CCC(F)(F)F. The summed E-state index contributed by atoms with van der Waals surface area (Å²) < 4.78 is 40.0. The summed E-state index contributed by atoms with van der Waals surface area (Å²) in [6.45, 7) is 0. The number of alkyl halides is 3. The van der Waals surface area contributed by atoms with Crippen molar-refractivity contribution in [3.63, 3.8) is 0 Å².